The van der Waals surface area contributed by atoms with E-state index in [9.17, 15) is 18.0 Å². The Balaban J connectivity index is 0.00000261. The summed E-state index contributed by atoms with van der Waals surface area (Å²) >= 11 is 0. The Hall–Kier alpha value is -2.06. The lowest BCUT2D eigenvalue weighted by Gasteiger charge is -2.28. The normalized spacial score (nSPS) is 20.0. The Morgan fingerprint density at radius 1 is 1.37 bits per heavy atom. The number of benzene rings is 1. The SMILES string of the molecule is Cc1c(C(=O)NC2CCNC(C)C2)cnn1-c1cccc(C(F)(F)F)c1.Cl. The molecule has 0 aliphatic carbocycles. The molecule has 1 aromatic heterocycles. The highest BCUT2D eigenvalue weighted by molar-refractivity contribution is 5.95. The number of carbonyl (C=O) groups is 1. The van der Waals surface area contributed by atoms with Crippen LogP contribution < -0.4 is 10.6 Å². The predicted molar refractivity (Wildman–Crippen MR) is 98.5 cm³/mol. The van der Waals surface area contributed by atoms with E-state index in [2.05, 4.69) is 22.7 Å². The monoisotopic (exact) mass is 402 g/mol. The first kappa shape index (κ1) is 21.2. The van der Waals surface area contributed by atoms with Crippen molar-refractivity contribution in [1.29, 1.82) is 0 Å². The van der Waals surface area contributed by atoms with Gasteiger partial charge in [-0.25, -0.2) is 4.68 Å². The van der Waals surface area contributed by atoms with Gasteiger partial charge in [-0.2, -0.15) is 18.3 Å². The first-order valence-electron chi connectivity index (χ1n) is 8.52. The molecule has 1 aliphatic rings. The summed E-state index contributed by atoms with van der Waals surface area (Å²) in [5.74, 6) is -0.250. The molecule has 1 aromatic carbocycles. The molecule has 148 valence electrons. The molecule has 2 N–H and O–H groups in total. The minimum absolute atomic E-state index is 0. The Labute approximate surface area is 161 Å². The van der Waals surface area contributed by atoms with E-state index >= 15 is 0 Å². The second-order valence-electron chi connectivity index (χ2n) is 6.65. The van der Waals surface area contributed by atoms with Crippen molar-refractivity contribution in [2.45, 2.75) is 44.9 Å². The van der Waals surface area contributed by atoms with E-state index in [0.29, 0.717) is 17.3 Å². The summed E-state index contributed by atoms with van der Waals surface area (Å²) in [5, 5.41) is 10.4. The van der Waals surface area contributed by atoms with Crippen LogP contribution in [0.1, 0.15) is 41.4 Å². The molecular weight excluding hydrogens is 381 g/mol. The Kier molecular flexibility index (Phi) is 6.54. The Morgan fingerprint density at radius 2 is 2.11 bits per heavy atom. The van der Waals surface area contributed by atoms with Gasteiger partial charge in [0, 0.05) is 12.1 Å². The van der Waals surface area contributed by atoms with Crippen molar-refractivity contribution < 1.29 is 18.0 Å². The third kappa shape index (κ3) is 4.81. The molecule has 9 heteroatoms. The minimum Gasteiger partial charge on any atom is -0.349 e. The Bertz CT molecular complexity index is 806. The average Bonchev–Trinajstić information content (AvgIpc) is 2.96. The molecule has 5 nitrogen and oxygen atoms in total. The van der Waals surface area contributed by atoms with Gasteiger partial charge in [0.05, 0.1) is 28.7 Å². The molecule has 1 fully saturated rings. The van der Waals surface area contributed by atoms with Gasteiger partial charge in [-0.3, -0.25) is 4.79 Å². The van der Waals surface area contributed by atoms with Crippen molar-refractivity contribution in [2.24, 2.45) is 0 Å². The summed E-state index contributed by atoms with van der Waals surface area (Å²) in [7, 11) is 0. The number of hydrogen-bond acceptors (Lipinski definition) is 3. The highest BCUT2D eigenvalue weighted by atomic mass is 35.5. The average molecular weight is 403 g/mol. The predicted octanol–water partition coefficient (Wildman–Crippen LogP) is 3.49. The summed E-state index contributed by atoms with van der Waals surface area (Å²) < 4.78 is 40.1. The van der Waals surface area contributed by atoms with Gasteiger partial charge < -0.3 is 10.6 Å². The second kappa shape index (κ2) is 8.31. The Morgan fingerprint density at radius 3 is 2.78 bits per heavy atom. The van der Waals surface area contributed by atoms with E-state index in [1.54, 1.807) is 6.92 Å². The number of nitrogens with zero attached hydrogens (tertiary/aromatic N) is 2. The van der Waals surface area contributed by atoms with Crippen LogP contribution in [0.4, 0.5) is 13.2 Å². The van der Waals surface area contributed by atoms with Gasteiger partial charge in [-0.1, -0.05) is 6.07 Å². The highest BCUT2D eigenvalue weighted by Gasteiger charge is 2.31. The van der Waals surface area contributed by atoms with Crippen LogP contribution in [0.15, 0.2) is 30.5 Å². The number of nitrogens with one attached hydrogen (secondary N) is 2. The lowest BCUT2D eigenvalue weighted by Crippen LogP contribution is -2.46. The van der Waals surface area contributed by atoms with Crippen LogP contribution in [-0.2, 0) is 6.18 Å². The second-order valence-corrected chi connectivity index (χ2v) is 6.65. The molecule has 1 aliphatic heterocycles. The minimum atomic E-state index is -4.43. The number of aromatic nitrogens is 2. The van der Waals surface area contributed by atoms with E-state index < -0.39 is 11.7 Å². The summed E-state index contributed by atoms with van der Waals surface area (Å²) in [6.07, 6.45) is -1.35. The zero-order valence-corrected chi connectivity index (χ0v) is 15.8. The van der Waals surface area contributed by atoms with Crippen molar-refractivity contribution in [1.82, 2.24) is 20.4 Å². The van der Waals surface area contributed by atoms with Crippen molar-refractivity contribution in [3.8, 4) is 5.69 Å². The fraction of sp³-hybridized carbons (Fsp3) is 0.444. The zero-order valence-electron chi connectivity index (χ0n) is 15.0. The first-order valence-corrected chi connectivity index (χ1v) is 8.52. The fourth-order valence-electron chi connectivity index (χ4n) is 3.23. The van der Waals surface area contributed by atoms with Crippen LogP contribution in [0.5, 0.6) is 0 Å². The van der Waals surface area contributed by atoms with Crippen LogP contribution in [0, 0.1) is 6.92 Å². The van der Waals surface area contributed by atoms with Crippen molar-refractivity contribution in [3.05, 3.63) is 47.3 Å². The molecule has 0 bridgehead atoms. The van der Waals surface area contributed by atoms with E-state index in [1.165, 1.54) is 23.0 Å². The molecular formula is C18H22ClF3N4O. The molecule has 0 radical (unpaired) electrons. The van der Waals surface area contributed by atoms with Gasteiger partial charge >= 0.3 is 6.18 Å². The third-order valence-corrected chi connectivity index (χ3v) is 4.63. The van der Waals surface area contributed by atoms with Crippen molar-refractivity contribution in [2.75, 3.05) is 6.54 Å². The summed E-state index contributed by atoms with van der Waals surface area (Å²) in [6, 6.07) is 5.31. The molecule has 2 aromatic rings. The number of amides is 1. The maximum Gasteiger partial charge on any atom is 0.416 e. The standard InChI is InChI=1S/C18H21F3N4O.ClH/c1-11-8-14(6-7-22-11)24-17(26)16-10-23-25(12(16)2)15-5-3-4-13(9-15)18(19,20)21;/h3-5,9-11,14,22H,6-8H2,1-2H3,(H,24,26);1H. The maximum absolute atomic E-state index is 12.9. The largest absolute Gasteiger partial charge is 0.416 e. The van der Waals surface area contributed by atoms with E-state index in [1.807, 2.05) is 0 Å². The van der Waals surface area contributed by atoms with Crippen molar-refractivity contribution >= 4 is 18.3 Å². The fourth-order valence-corrected chi connectivity index (χ4v) is 3.23. The highest BCUT2D eigenvalue weighted by Crippen LogP contribution is 2.30. The molecule has 2 unspecified atom stereocenters. The summed E-state index contributed by atoms with van der Waals surface area (Å²) in [5.41, 5.74) is 0.392. The zero-order chi connectivity index (χ0) is 18.9. The van der Waals surface area contributed by atoms with Gasteiger partial charge in [-0.05, 0) is 51.4 Å². The molecule has 3 rings (SSSR count). The maximum atomic E-state index is 12.9. The molecule has 2 atom stereocenters. The number of halogens is 4. The van der Waals surface area contributed by atoms with E-state index in [4.69, 9.17) is 0 Å². The molecule has 0 saturated carbocycles. The van der Waals surface area contributed by atoms with Gasteiger partial charge in [0.1, 0.15) is 0 Å². The van der Waals surface area contributed by atoms with Gasteiger partial charge in [-0.15, -0.1) is 12.4 Å². The topological polar surface area (TPSA) is 59.0 Å². The van der Waals surface area contributed by atoms with Gasteiger partial charge in [0.2, 0.25) is 0 Å². The van der Waals surface area contributed by atoms with Crippen LogP contribution >= 0.6 is 12.4 Å². The number of carbonyl (C=O) groups excluding carboxylic acids is 1. The lowest BCUT2D eigenvalue weighted by atomic mass is 10.0. The van der Waals surface area contributed by atoms with E-state index in [0.717, 1.165) is 31.5 Å². The third-order valence-electron chi connectivity index (χ3n) is 4.63. The number of alkyl halides is 3. The smallest absolute Gasteiger partial charge is 0.349 e. The molecule has 1 saturated heterocycles. The van der Waals surface area contributed by atoms with E-state index in [-0.39, 0.29) is 30.0 Å². The quantitative estimate of drug-likeness (QED) is 0.826. The molecule has 2 heterocycles. The first-order chi connectivity index (χ1) is 12.3. The van der Waals surface area contributed by atoms with Crippen LogP contribution in [0.2, 0.25) is 0 Å². The number of hydrogen-bond donors (Lipinski definition) is 2. The van der Waals surface area contributed by atoms with Gasteiger partial charge in [0.15, 0.2) is 0 Å². The number of piperidine rings is 1. The lowest BCUT2D eigenvalue weighted by molar-refractivity contribution is -0.137. The summed E-state index contributed by atoms with van der Waals surface area (Å²) in [6.45, 7) is 4.58. The van der Waals surface area contributed by atoms with Crippen LogP contribution in [0.3, 0.4) is 0 Å². The molecule has 0 spiro atoms. The van der Waals surface area contributed by atoms with Crippen molar-refractivity contribution in [3.63, 3.8) is 0 Å². The molecule has 27 heavy (non-hydrogen) atoms. The molecule has 1 amide bonds. The van der Waals surface area contributed by atoms with Crippen LogP contribution in [0.25, 0.3) is 5.69 Å². The number of rotatable bonds is 3. The van der Waals surface area contributed by atoms with Crippen LogP contribution in [-0.4, -0.2) is 34.3 Å². The summed E-state index contributed by atoms with van der Waals surface area (Å²) in [4.78, 5) is 12.5. The van der Waals surface area contributed by atoms with Gasteiger partial charge in [0.25, 0.3) is 5.91 Å².